The van der Waals surface area contributed by atoms with Gasteiger partial charge in [0.05, 0.1) is 26.3 Å². The molecule has 2 atom stereocenters. The first-order valence-corrected chi connectivity index (χ1v) is 13.3. The topological polar surface area (TPSA) is 104 Å². The molecule has 1 fully saturated rings. The van der Waals surface area contributed by atoms with Crippen molar-refractivity contribution in [1.29, 1.82) is 0 Å². The molecule has 0 saturated carbocycles. The van der Waals surface area contributed by atoms with Crippen molar-refractivity contribution in [3.63, 3.8) is 0 Å². The van der Waals surface area contributed by atoms with Gasteiger partial charge in [-0.15, -0.1) is 5.10 Å². The number of tetrazole rings is 1. The summed E-state index contributed by atoms with van der Waals surface area (Å²) < 4.78 is 18.8. The van der Waals surface area contributed by atoms with Crippen molar-refractivity contribution in [2.75, 3.05) is 27.3 Å². The first kappa shape index (κ1) is 27.1. The van der Waals surface area contributed by atoms with E-state index in [1.165, 1.54) is 0 Å². The predicted octanol–water partition coefficient (Wildman–Crippen LogP) is 3.44. The second kappa shape index (κ2) is 13.1. The fourth-order valence-corrected chi connectivity index (χ4v) is 5.10. The summed E-state index contributed by atoms with van der Waals surface area (Å²) in [5, 5.41) is 14.8. The van der Waals surface area contributed by atoms with Gasteiger partial charge in [0.25, 0.3) is 0 Å². The number of benzene rings is 3. The Morgan fingerprint density at radius 2 is 1.75 bits per heavy atom. The number of amides is 1. The number of nitrogens with zero attached hydrogens (tertiary/aromatic N) is 5. The Morgan fingerprint density at radius 3 is 2.52 bits per heavy atom. The fourth-order valence-electron chi connectivity index (χ4n) is 5.10. The minimum Gasteiger partial charge on any atom is -0.496 e. The summed E-state index contributed by atoms with van der Waals surface area (Å²) in [7, 11) is 3.29. The average Bonchev–Trinajstić information content (AvgIpc) is 3.68. The lowest BCUT2D eigenvalue weighted by Gasteiger charge is -2.24. The number of ether oxygens (including phenoxy) is 3. The molecule has 1 saturated heterocycles. The van der Waals surface area contributed by atoms with E-state index in [0.717, 1.165) is 22.4 Å². The molecule has 0 unspecified atom stereocenters. The molecule has 1 aromatic heterocycles. The number of nitrogens with one attached hydrogen (secondary N) is 1. The Balaban J connectivity index is 1.26. The van der Waals surface area contributed by atoms with Crippen LogP contribution in [0.3, 0.4) is 0 Å². The van der Waals surface area contributed by atoms with E-state index in [4.69, 9.17) is 14.2 Å². The highest BCUT2D eigenvalue weighted by Gasteiger charge is 2.38. The summed E-state index contributed by atoms with van der Waals surface area (Å²) in [6.07, 6.45) is 2.90. The Labute approximate surface area is 233 Å². The van der Waals surface area contributed by atoms with Crippen LogP contribution in [0.5, 0.6) is 17.2 Å². The van der Waals surface area contributed by atoms with Crippen molar-refractivity contribution < 1.29 is 19.0 Å². The van der Waals surface area contributed by atoms with Crippen molar-refractivity contribution in [1.82, 2.24) is 30.4 Å². The lowest BCUT2D eigenvalue weighted by molar-refractivity contribution is -0.125. The summed E-state index contributed by atoms with van der Waals surface area (Å²) in [5.41, 5.74) is 3.16. The number of carbonyl (C=O) groups excluding carboxylic acids is 1. The van der Waals surface area contributed by atoms with E-state index in [0.29, 0.717) is 50.6 Å². The maximum Gasteiger partial charge on any atom is 0.237 e. The summed E-state index contributed by atoms with van der Waals surface area (Å²) in [4.78, 5) is 15.6. The molecule has 1 N–H and O–H groups in total. The number of likely N-dealkylation sites (tertiary alicyclic amines) is 1. The van der Waals surface area contributed by atoms with Crippen LogP contribution in [0, 0.1) is 0 Å². The molecule has 10 nitrogen and oxygen atoms in total. The van der Waals surface area contributed by atoms with Crippen molar-refractivity contribution in [3.05, 3.63) is 95.8 Å². The molecular formula is C30H34N6O4. The third-order valence-corrected chi connectivity index (χ3v) is 7.16. The van der Waals surface area contributed by atoms with Gasteiger partial charge in [-0.1, -0.05) is 54.6 Å². The molecule has 2 heterocycles. The highest BCUT2D eigenvalue weighted by molar-refractivity contribution is 5.82. The zero-order valence-corrected chi connectivity index (χ0v) is 22.8. The zero-order chi connectivity index (χ0) is 27.7. The van der Waals surface area contributed by atoms with Crippen molar-refractivity contribution in [2.45, 2.75) is 38.1 Å². The number of para-hydroxylation sites is 1. The number of methoxy groups -OCH3 is 2. The maximum atomic E-state index is 13.4. The van der Waals surface area contributed by atoms with E-state index in [1.807, 2.05) is 72.8 Å². The molecule has 1 aliphatic heterocycles. The molecule has 0 spiro atoms. The molecule has 1 amide bonds. The van der Waals surface area contributed by atoms with Crippen molar-refractivity contribution in [3.8, 4) is 17.2 Å². The van der Waals surface area contributed by atoms with Gasteiger partial charge in [-0.3, -0.25) is 9.69 Å². The first-order chi connectivity index (χ1) is 19.6. The summed E-state index contributed by atoms with van der Waals surface area (Å²) in [5.74, 6) is 2.14. The second-order valence-electron chi connectivity index (χ2n) is 9.74. The molecule has 5 rings (SSSR count). The van der Waals surface area contributed by atoms with Gasteiger partial charge in [0, 0.05) is 19.6 Å². The standard InChI is InChI=1S/C30H34N6O4/c1-38-27-11-7-6-10-24(27)14-15-31-30(37)26-17-25(36-21-32-33-34-36)19-35(26)18-23-12-13-28(29(16-23)39-2)40-20-22-8-4-3-5-9-22/h3-13,16,21,25-26H,14-15,17-20H2,1-2H3,(H,31,37)/t25-,26-/m0/s1. The number of rotatable bonds is 12. The lowest BCUT2D eigenvalue weighted by Crippen LogP contribution is -2.43. The Kier molecular flexibility index (Phi) is 8.87. The molecule has 0 bridgehead atoms. The summed E-state index contributed by atoms with van der Waals surface area (Å²) in [6, 6.07) is 23.4. The highest BCUT2D eigenvalue weighted by Crippen LogP contribution is 2.32. The van der Waals surface area contributed by atoms with Gasteiger partial charge in [-0.25, -0.2) is 4.68 Å². The van der Waals surface area contributed by atoms with Crippen LogP contribution in [-0.2, 0) is 24.4 Å². The minimum absolute atomic E-state index is 0.00431. The Bertz CT molecular complexity index is 1380. The number of hydrogen-bond donors (Lipinski definition) is 1. The van der Waals surface area contributed by atoms with E-state index in [2.05, 4.69) is 25.7 Å². The quantitative estimate of drug-likeness (QED) is 0.290. The Morgan fingerprint density at radius 1 is 0.950 bits per heavy atom. The first-order valence-electron chi connectivity index (χ1n) is 13.3. The molecule has 208 valence electrons. The van der Waals surface area contributed by atoms with Crippen LogP contribution < -0.4 is 19.5 Å². The van der Waals surface area contributed by atoms with Gasteiger partial charge in [0.2, 0.25) is 5.91 Å². The van der Waals surface area contributed by atoms with E-state index in [9.17, 15) is 4.79 Å². The van der Waals surface area contributed by atoms with Crippen LogP contribution in [0.15, 0.2) is 79.1 Å². The number of hydrogen-bond acceptors (Lipinski definition) is 8. The second-order valence-corrected chi connectivity index (χ2v) is 9.74. The van der Waals surface area contributed by atoms with Crippen molar-refractivity contribution >= 4 is 5.91 Å². The normalized spacial score (nSPS) is 16.9. The van der Waals surface area contributed by atoms with Gasteiger partial charge >= 0.3 is 0 Å². The van der Waals surface area contributed by atoms with Crippen LogP contribution in [0.25, 0.3) is 0 Å². The third-order valence-electron chi connectivity index (χ3n) is 7.16. The number of carbonyl (C=O) groups is 1. The van der Waals surface area contributed by atoms with E-state index in [1.54, 1.807) is 25.2 Å². The van der Waals surface area contributed by atoms with Crippen LogP contribution in [0.2, 0.25) is 0 Å². The predicted molar refractivity (Wildman–Crippen MR) is 149 cm³/mol. The van der Waals surface area contributed by atoms with Crippen molar-refractivity contribution in [2.24, 2.45) is 0 Å². The van der Waals surface area contributed by atoms with Gasteiger partial charge in [-0.05, 0) is 58.2 Å². The van der Waals surface area contributed by atoms with E-state index >= 15 is 0 Å². The number of aromatic nitrogens is 4. The third kappa shape index (κ3) is 6.58. The van der Waals surface area contributed by atoms with E-state index in [-0.39, 0.29) is 18.0 Å². The monoisotopic (exact) mass is 542 g/mol. The fraction of sp³-hybridized carbons (Fsp3) is 0.333. The molecule has 3 aromatic carbocycles. The molecular weight excluding hydrogens is 508 g/mol. The lowest BCUT2D eigenvalue weighted by atomic mass is 10.1. The smallest absolute Gasteiger partial charge is 0.237 e. The van der Waals surface area contributed by atoms with E-state index < -0.39 is 0 Å². The molecule has 0 aliphatic carbocycles. The van der Waals surface area contributed by atoms with Crippen LogP contribution in [0.4, 0.5) is 0 Å². The molecule has 40 heavy (non-hydrogen) atoms. The SMILES string of the molecule is COc1ccccc1CCNC(=O)[C@@H]1C[C@H](n2cnnn2)CN1Cc1ccc(OCc2ccccc2)c(OC)c1. The van der Waals surface area contributed by atoms with Crippen LogP contribution >= 0.6 is 0 Å². The minimum atomic E-state index is -0.327. The van der Waals surface area contributed by atoms with Gasteiger partial charge in [0.1, 0.15) is 18.7 Å². The van der Waals surface area contributed by atoms with Crippen LogP contribution in [0.1, 0.15) is 29.2 Å². The molecule has 1 aliphatic rings. The average molecular weight is 543 g/mol. The summed E-state index contributed by atoms with van der Waals surface area (Å²) in [6.45, 7) is 2.18. The molecule has 4 aromatic rings. The molecule has 10 heteroatoms. The van der Waals surface area contributed by atoms with Gasteiger partial charge in [0.15, 0.2) is 11.5 Å². The highest BCUT2D eigenvalue weighted by atomic mass is 16.5. The largest absolute Gasteiger partial charge is 0.496 e. The van der Waals surface area contributed by atoms with Gasteiger partial charge in [-0.2, -0.15) is 0 Å². The van der Waals surface area contributed by atoms with Gasteiger partial charge < -0.3 is 19.5 Å². The van der Waals surface area contributed by atoms with Crippen LogP contribution in [-0.4, -0.2) is 64.4 Å². The zero-order valence-electron chi connectivity index (χ0n) is 22.8. The molecule has 0 radical (unpaired) electrons. The maximum absolute atomic E-state index is 13.4. The Hall–Kier alpha value is -4.44. The summed E-state index contributed by atoms with van der Waals surface area (Å²) >= 11 is 0.